The molecule has 0 N–H and O–H groups in total. The number of halogens is 1. The van der Waals surface area contributed by atoms with E-state index < -0.39 is 0 Å². The van der Waals surface area contributed by atoms with Crippen LogP contribution >= 0.6 is 11.6 Å². The molecule has 4 nitrogen and oxygen atoms in total. The number of benzene rings is 1. The van der Waals surface area contributed by atoms with Crippen molar-refractivity contribution in [2.45, 2.75) is 26.8 Å². The lowest BCUT2D eigenvalue weighted by Gasteiger charge is -2.37. The van der Waals surface area contributed by atoms with Gasteiger partial charge in [-0.1, -0.05) is 23.7 Å². The third-order valence-corrected chi connectivity index (χ3v) is 4.71. The summed E-state index contributed by atoms with van der Waals surface area (Å²) in [5.41, 5.74) is 3.12. The zero-order valence-corrected chi connectivity index (χ0v) is 14.7. The van der Waals surface area contributed by atoms with Crippen LogP contribution in [0.3, 0.4) is 0 Å². The van der Waals surface area contributed by atoms with Gasteiger partial charge in [0.2, 0.25) is 0 Å². The van der Waals surface area contributed by atoms with E-state index in [0.717, 1.165) is 53.8 Å². The molecule has 2 aromatic rings. The van der Waals surface area contributed by atoms with E-state index in [-0.39, 0.29) is 0 Å². The molecule has 0 aliphatic carbocycles. The lowest BCUT2D eigenvalue weighted by Crippen LogP contribution is -2.49. The van der Waals surface area contributed by atoms with E-state index in [4.69, 9.17) is 11.6 Å². The van der Waals surface area contributed by atoms with Gasteiger partial charge in [-0.2, -0.15) is 0 Å². The number of piperazine rings is 1. The third-order valence-electron chi connectivity index (χ3n) is 4.46. The number of anilines is 1. The number of aromatic nitrogens is 2. The van der Waals surface area contributed by atoms with Crippen molar-refractivity contribution >= 4 is 17.4 Å². The Hall–Kier alpha value is -1.65. The molecule has 1 fully saturated rings. The molecular formula is C18H23ClN4. The Labute approximate surface area is 143 Å². The van der Waals surface area contributed by atoms with Crippen molar-refractivity contribution < 1.29 is 0 Å². The highest BCUT2D eigenvalue weighted by molar-refractivity contribution is 6.30. The second-order valence-electron chi connectivity index (χ2n) is 6.36. The fraction of sp³-hybridized carbons (Fsp3) is 0.444. The molecule has 1 aromatic heterocycles. The predicted octanol–water partition coefficient (Wildman–Crippen LogP) is 3.64. The van der Waals surface area contributed by atoms with Gasteiger partial charge in [0.05, 0.1) is 5.69 Å². The highest BCUT2D eigenvalue weighted by Gasteiger charge is 2.20. The summed E-state index contributed by atoms with van der Waals surface area (Å²) in [5.74, 6) is 0.976. The summed E-state index contributed by atoms with van der Waals surface area (Å²) >= 11 is 5.95. The normalized spacial score (nSPS) is 16.1. The Balaban J connectivity index is 1.76. The van der Waals surface area contributed by atoms with E-state index in [1.807, 2.05) is 24.3 Å². The molecule has 1 aliphatic rings. The molecular weight excluding hydrogens is 308 g/mol. The van der Waals surface area contributed by atoms with Crippen molar-refractivity contribution in [3.05, 3.63) is 40.9 Å². The van der Waals surface area contributed by atoms with Crippen LogP contribution in [0.25, 0.3) is 11.3 Å². The van der Waals surface area contributed by atoms with Gasteiger partial charge in [0.25, 0.3) is 0 Å². The molecule has 0 bridgehead atoms. The van der Waals surface area contributed by atoms with Crippen molar-refractivity contribution in [3.8, 4) is 11.3 Å². The van der Waals surface area contributed by atoms with Gasteiger partial charge in [-0.05, 0) is 44.5 Å². The van der Waals surface area contributed by atoms with Gasteiger partial charge in [0.1, 0.15) is 0 Å². The summed E-state index contributed by atoms with van der Waals surface area (Å²) in [7, 11) is 0. The van der Waals surface area contributed by atoms with E-state index >= 15 is 0 Å². The van der Waals surface area contributed by atoms with Gasteiger partial charge < -0.3 is 4.90 Å². The van der Waals surface area contributed by atoms with Crippen molar-refractivity contribution in [1.29, 1.82) is 0 Å². The number of hydrogen-bond donors (Lipinski definition) is 0. The molecule has 0 unspecified atom stereocenters. The Morgan fingerprint density at radius 1 is 1.00 bits per heavy atom. The quantitative estimate of drug-likeness (QED) is 0.860. The number of aryl methyl sites for hydroxylation is 1. The van der Waals surface area contributed by atoms with Crippen LogP contribution in [-0.4, -0.2) is 47.3 Å². The zero-order chi connectivity index (χ0) is 16.4. The molecule has 1 saturated heterocycles. The van der Waals surface area contributed by atoms with Crippen molar-refractivity contribution in [2.24, 2.45) is 0 Å². The third kappa shape index (κ3) is 3.65. The highest BCUT2D eigenvalue weighted by atomic mass is 35.5. The van der Waals surface area contributed by atoms with E-state index in [2.05, 4.69) is 46.8 Å². The second-order valence-corrected chi connectivity index (χ2v) is 6.79. The molecule has 5 heteroatoms. The SMILES string of the molecule is Cc1cc(N2CCN(C(C)C)CC2)nnc1-c1ccc(Cl)cc1. The molecule has 0 spiro atoms. The van der Waals surface area contributed by atoms with Gasteiger partial charge in [0.15, 0.2) is 5.82 Å². The molecule has 2 heterocycles. The molecule has 0 amide bonds. The maximum atomic E-state index is 5.95. The summed E-state index contributed by atoms with van der Waals surface area (Å²) in [5, 5.41) is 9.65. The zero-order valence-electron chi connectivity index (χ0n) is 14.0. The molecule has 0 radical (unpaired) electrons. The molecule has 23 heavy (non-hydrogen) atoms. The first-order chi connectivity index (χ1) is 11.0. The highest BCUT2D eigenvalue weighted by Crippen LogP contribution is 2.25. The Morgan fingerprint density at radius 3 is 2.22 bits per heavy atom. The first-order valence-electron chi connectivity index (χ1n) is 8.14. The Bertz CT molecular complexity index is 661. The largest absolute Gasteiger partial charge is 0.353 e. The van der Waals surface area contributed by atoms with Crippen LogP contribution in [-0.2, 0) is 0 Å². The lowest BCUT2D eigenvalue weighted by molar-refractivity contribution is 0.209. The molecule has 122 valence electrons. The van der Waals surface area contributed by atoms with E-state index in [1.54, 1.807) is 0 Å². The maximum Gasteiger partial charge on any atom is 0.151 e. The van der Waals surface area contributed by atoms with Crippen molar-refractivity contribution in [3.63, 3.8) is 0 Å². The fourth-order valence-electron chi connectivity index (χ4n) is 2.99. The first kappa shape index (κ1) is 16.2. The minimum Gasteiger partial charge on any atom is -0.353 e. The Kier molecular flexibility index (Phi) is 4.83. The smallest absolute Gasteiger partial charge is 0.151 e. The fourth-order valence-corrected chi connectivity index (χ4v) is 3.11. The van der Waals surface area contributed by atoms with Crippen LogP contribution in [0.4, 0.5) is 5.82 Å². The standard InChI is InChI=1S/C18H23ClN4/c1-13(2)22-8-10-23(11-9-22)17-12-14(3)18(21-20-17)15-4-6-16(19)7-5-15/h4-7,12-13H,8-11H2,1-3H3. The predicted molar refractivity (Wildman–Crippen MR) is 96.1 cm³/mol. The van der Waals surface area contributed by atoms with Gasteiger partial charge in [-0.15, -0.1) is 10.2 Å². The minimum absolute atomic E-state index is 0.609. The first-order valence-corrected chi connectivity index (χ1v) is 8.51. The summed E-state index contributed by atoms with van der Waals surface area (Å²) in [6, 6.07) is 10.5. The minimum atomic E-state index is 0.609. The summed E-state index contributed by atoms with van der Waals surface area (Å²) in [6.45, 7) is 10.8. The van der Waals surface area contributed by atoms with Gasteiger partial charge in [0, 0.05) is 42.8 Å². The molecule has 1 aromatic carbocycles. The Morgan fingerprint density at radius 2 is 1.65 bits per heavy atom. The monoisotopic (exact) mass is 330 g/mol. The van der Waals surface area contributed by atoms with Gasteiger partial charge >= 0.3 is 0 Å². The van der Waals surface area contributed by atoms with Crippen LogP contribution < -0.4 is 4.90 Å². The van der Waals surface area contributed by atoms with Crippen molar-refractivity contribution in [1.82, 2.24) is 15.1 Å². The van der Waals surface area contributed by atoms with E-state index in [0.29, 0.717) is 6.04 Å². The van der Waals surface area contributed by atoms with Crippen LogP contribution in [0, 0.1) is 6.92 Å². The number of nitrogens with zero attached hydrogens (tertiary/aromatic N) is 4. The van der Waals surface area contributed by atoms with Gasteiger partial charge in [-0.25, -0.2) is 0 Å². The molecule has 0 saturated carbocycles. The summed E-state index contributed by atoms with van der Waals surface area (Å²) in [6.07, 6.45) is 0. The topological polar surface area (TPSA) is 32.3 Å². The molecule has 0 atom stereocenters. The van der Waals surface area contributed by atoms with Crippen LogP contribution in [0.1, 0.15) is 19.4 Å². The summed E-state index contributed by atoms with van der Waals surface area (Å²) < 4.78 is 0. The van der Waals surface area contributed by atoms with E-state index in [1.165, 1.54) is 0 Å². The second kappa shape index (κ2) is 6.85. The molecule has 3 rings (SSSR count). The van der Waals surface area contributed by atoms with E-state index in [9.17, 15) is 0 Å². The van der Waals surface area contributed by atoms with Crippen LogP contribution in [0.15, 0.2) is 30.3 Å². The van der Waals surface area contributed by atoms with Gasteiger partial charge in [-0.3, -0.25) is 4.90 Å². The van der Waals surface area contributed by atoms with Crippen LogP contribution in [0.5, 0.6) is 0 Å². The average Bonchev–Trinajstić information content (AvgIpc) is 2.56. The van der Waals surface area contributed by atoms with Crippen molar-refractivity contribution in [2.75, 3.05) is 31.1 Å². The number of rotatable bonds is 3. The average molecular weight is 331 g/mol. The summed E-state index contributed by atoms with van der Waals surface area (Å²) in [4.78, 5) is 4.82. The maximum absolute atomic E-state index is 5.95. The lowest BCUT2D eigenvalue weighted by atomic mass is 10.1. The van der Waals surface area contributed by atoms with Crippen LogP contribution in [0.2, 0.25) is 5.02 Å². The molecule has 1 aliphatic heterocycles. The number of hydrogen-bond acceptors (Lipinski definition) is 4.